The molecule has 1 unspecified atom stereocenters. The fourth-order valence-electron chi connectivity index (χ4n) is 1.93. The van der Waals surface area contributed by atoms with Crippen molar-refractivity contribution in [2.75, 3.05) is 13.8 Å². The zero-order valence-electron chi connectivity index (χ0n) is 11.6. The number of hydrogen-bond donors (Lipinski definition) is 1. The van der Waals surface area contributed by atoms with E-state index in [0.29, 0.717) is 6.54 Å². The van der Waals surface area contributed by atoms with E-state index in [4.69, 9.17) is 15.2 Å². The second-order valence-electron chi connectivity index (χ2n) is 5.15. The Morgan fingerprint density at radius 2 is 2.05 bits per heavy atom. The Hall–Kier alpha value is -1.75. The van der Waals surface area contributed by atoms with Crippen molar-refractivity contribution < 1.29 is 14.3 Å². The third-order valence-electron chi connectivity index (χ3n) is 3.24. The highest BCUT2D eigenvalue weighted by molar-refractivity contribution is 5.81. The van der Waals surface area contributed by atoms with Crippen LogP contribution in [0.3, 0.4) is 0 Å². The Morgan fingerprint density at radius 3 is 2.74 bits per heavy atom. The lowest BCUT2D eigenvalue weighted by Gasteiger charge is -2.23. The molecule has 0 saturated carbocycles. The maximum absolute atomic E-state index is 12.1. The summed E-state index contributed by atoms with van der Waals surface area (Å²) in [5.41, 5.74) is 6.87. The molecule has 0 aromatic heterocycles. The van der Waals surface area contributed by atoms with Crippen LogP contribution in [0.5, 0.6) is 11.5 Å². The molecule has 1 aliphatic heterocycles. The van der Waals surface area contributed by atoms with Crippen molar-refractivity contribution in [3.8, 4) is 11.5 Å². The summed E-state index contributed by atoms with van der Waals surface area (Å²) in [4.78, 5) is 13.7. The lowest BCUT2D eigenvalue weighted by atomic mass is 10.0. The van der Waals surface area contributed by atoms with E-state index >= 15 is 0 Å². The zero-order chi connectivity index (χ0) is 14.0. The number of fused-ring (bicyclic) bond motifs is 1. The van der Waals surface area contributed by atoms with Gasteiger partial charge in [0.2, 0.25) is 12.7 Å². The normalized spacial score (nSPS) is 14.6. The Labute approximate surface area is 113 Å². The molecule has 1 heterocycles. The van der Waals surface area contributed by atoms with Crippen LogP contribution in [-0.4, -0.2) is 30.7 Å². The van der Waals surface area contributed by atoms with E-state index in [2.05, 4.69) is 0 Å². The van der Waals surface area contributed by atoms with Crippen molar-refractivity contribution in [2.45, 2.75) is 26.4 Å². The molecule has 1 aliphatic rings. The first-order valence-electron chi connectivity index (χ1n) is 6.38. The van der Waals surface area contributed by atoms with Crippen molar-refractivity contribution >= 4 is 5.91 Å². The summed E-state index contributed by atoms with van der Waals surface area (Å²) in [6, 6.07) is 5.22. The Kier molecular flexibility index (Phi) is 3.95. The number of carbonyl (C=O) groups is 1. The zero-order valence-corrected chi connectivity index (χ0v) is 11.6. The average Bonchev–Trinajstić information content (AvgIpc) is 2.84. The number of nitrogens with two attached hydrogens (primary N) is 1. The first-order valence-corrected chi connectivity index (χ1v) is 6.38. The molecule has 1 aromatic rings. The molecule has 1 aromatic carbocycles. The Balaban J connectivity index is 2.03. The van der Waals surface area contributed by atoms with Gasteiger partial charge in [-0.1, -0.05) is 19.9 Å². The fourth-order valence-corrected chi connectivity index (χ4v) is 1.93. The van der Waals surface area contributed by atoms with Crippen LogP contribution in [0.15, 0.2) is 18.2 Å². The van der Waals surface area contributed by atoms with E-state index in [9.17, 15) is 4.79 Å². The number of ether oxygens (including phenoxy) is 2. The van der Waals surface area contributed by atoms with Crippen LogP contribution in [0, 0.1) is 5.92 Å². The van der Waals surface area contributed by atoms with Gasteiger partial charge < -0.3 is 20.1 Å². The molecule has 0 saturated heterocycles. The quantitative estimate of drug-likeness (QED) is 0.891. The number of likely N-dealkylation sites (N-methyl/N-ethyl adjacent to an activating group) is 1. The summed E-state index contributed by atoms with van der Waals surface area (Å²) in [5, 5.41) is 0. The minimum atomic E-state index is -0.459. The summed E-state index contributed by atoms with van der Waals surface area (Å²) in [6.45, 7) is 4.65. The molecule has 5 nitrogen and oxygen atoms in total. The predicted molar refractivity (Wildman–Crippen MR) is 71.9 cm³/mol. The van der Waals surface area contributed by atoms with Crippen molar-refractivity contribution in [2.24, 2.45) is 11.7 Å². The number of amides is 1. The maximum Gasteiger partial charge on any atom is 0.239 e. The molecular formula is C14H20N2O3. The van der Waals surface area contributed by atoms with E-state index in [1.54, 1.807) is 11.9 Å². The monoisotopic (exact) mass is 264 g/mol. The lowest BCUT2D eigenvalue weighted by Crippen LogP contribution is -2.44. The maximum atomic E-state index is 12.1. The van der Waals surface area contributed by atoms with Crippen molar-refractivity contribution in [1.82, 2.24) is 4.90 Å². The van der Waals surface area contributed by atoms with Gasteiger partial charge in [0.15, 0.2) is 11.5 Å². The van der Waals surface area contributed by atoms with Crippen molar-refractivity contribution in [3.05, 3.63) is 23.8 Å². The molecule has 104 valence electrons. The lowest BCUT2D eigenvalue weighted by molar-refractivity contribution is -0.132. The first kappa shape index (κ1) is 13.7. The number of hydrogen-bond acceptors (Lipinski definition) is 4. The third-order valence-corrected chi connectivity index (χ3v) is 3.24. The van der Waals surface area contributed by atoms with Crippen LogP contribution in [0.25, 0.3) is 0 Å². The average molecular weight is 264 g/mol. The van der Waals surface area contributed by atoms with Crippen LogP contribution in [0.1, 0.15) is 19.4 Å². The number of rotatable bonds is 4. The van der Waals surface area contributed by atoms with Crippen LogP contribution in [0.4, 0.5) is 0 Å². The molecule has 0 bridgehead atoms. The largest absolute Gasteiger partial charge is 0.454 e. The molecule has 0 fully saturated rings. The first-order chi connectivity index (χ1) is 8.99. The highest BCUT2D eigenvalue weighted by Crippen LogP contribution is 2.32. The van der Waals surface area contributed by atoms with Gasteiger partial charge in [-0.25, -0.2) is 0 Å². The molecule has 1 amide bonds. The summed E-state index contributed by atoms with van der Waals surface area (Å²) >= 11 is 0. The molecule has 0 spiro atoms. The van der Waals surface area contributed by atoms with Crippen LogP contribution in [-0.2, 0) is 11.3 Å². The highest BCUT2D eigenvalue weighted by atomic mass is 16.7. The van der Waals surface area contributed by atoms with Gasteiger partial charge >= 0.3 is 0 Å². The SMILES string of the molecule is CC(C)C(N)C(=O)N(C)Cc1ccc2c(c1)OCO2. The molecular weight excluding hydrogens is 244 g/mol. The highest BCUT2D eigenvalue weighted by Gasteiger charge is 2.21. The van der Waals surface area contributed by atoms with E-state index in [-0.39, 0.29) is 18.6 Å². The second kappa shape index (κ2) is 5.48. The summed E-state index contributed by atoms with van der Waals surface area (Å²) in [6.07, 6.45) is 0. The minimum Gasteiger partial charge on any atom is -0.454 e. The molecule has 0 radical (unpaired) electrons. The van der Waals surface area contributed by atoms with Gasteiger partial charge in [0.1, 0.15) is 0 Å². The summed E-state index contributed by atoms with van der Waals surface area (Å²) < 4.78 is 10.6. The van der Waals surface area contributed by atoms with Crippen LogP contribution >= 0.6 is 0 Å². The summed E-state index contributed by atoms with van der Waals surface area (Å²) in [7, 11) is 1.76. The van der Waals surface area contributed by atoms with Crippen molar-refractivity contribution in [1.29, 1.82) is 0 Å². The van der Waals surface area contributed by atoms with Crippen LogP contribution < -0.4 is 15.2 Å². The standard InChI is InChI=1S/C14H20N2O3/c1-9(2)13(15)14(17)16(3)7-10-4-5-11-12(6-10)19-8-18-11/h4-6,9,13H,7-8,15H2,1-3H3. The van der Waals surface area contributed by atoms with E-state index in [1.807, 2.05) is 32.0 Å². The van der Waals surface area contributed by atoms with Gasteiger partial charge in [-0.3, -0.25) is 4.79 Å². The molecule has 0 aliphatic carbocycles. The smallest absolute Gasteiger partial charge is 0.239 e. The van der Waals surface area contributed by atoms with Gasteiger partial charge in [0.05, 0.1) is 6.04 Å². The van der Waals surface area contributed by atoms with Crippen LogP contribution in [0.2, 0.25) is 0 Å². The minimum absolute atomic E-state index is 0.0485. The number of benzene rings is 1. The van der Waals surface area contributed by atoms with E-state index < -0.39 is 6.04 Å². The molecule has 2 N–H and O–H groups in total. The Morgan fingerprint density at radius 1 is 1.37 bits per heavy atom. The molecule has 2 rings (SSSR count). The number of nitrogens with zero attached hydrogens (tertiary/aromatic N) is 1. The van der Waals surface area contributed by atoms with Gasteiger partial charge in [-0.15, -0.1) is 0 Å². The predicted octanol–water partition coefficient (Wildman–Crippen LogP) is 1.36. The van der Waals surface area contributed by atoms with Gasteiger partial charge in [0.25, 0.3) is 0 Å². The molecule has 19 heavy (non-hydrogen) atoms. The molecule has 5 heteroatoms. The van der Waals surface area contributed by atoms with E-state index in [1.165, 1.54) is 0 Å². The van der Waals surface area contributed by atoms with Gasteiger partial charge in [-0.05, 0) is 23.6 Å². The van der Waals surface area contributed by atoms with Crippen molar-refractivity contribution in [3.63, 3.8) is 0 Å². The Bertz CT molecular complexity index is 474. The molecule has 1 atom stereocenters. The van der Waals surface area contributed by atoms with E-state index in [0.717, 1.165) is 17.1 Å². The topological polar surface area (TPSA) is 64.8 Å². The second-order valence-corrected chi connectivity index (χ2v) is 5.15. The number of carbonyl (C=O) groups excluding carboxylic acids is 1. The summed E-state index contributed by atoms with van der Waals surface area (Å²) in [5.74, 6) is 1.56. The third kappa shape index (κ3) is 2.98. The fraction of sp³-hybridized carbons (Fsp3) is 0.500. The van der Waals surface area contributed by atoms with Gasteiger partial charge in [0, 0.05) is 13.6 Å². The van der Waals surface area contributed by atoms with Gasteiger partial charge in [-0.2, -0.15) is 0 Å².